The molecule has 0 amide bonds. The Morgan fingerprint density at radius 1 is 1.56 bits per heavy atom. The number of aromatic nitrogens is 3. The lowest BCUT2D eigenvalue weighted by atomic mass is 10.2. The monoisotopic (exact) mass is 279 g/mol. The molecule has 2 rings (SSSR count). The lowest BCUT2D eigenvalue weighted by molar-refractivity contribution is 0.685. The average molecular weight is 280 g/mol. The summed E-state index contributed by atoms with van der Waals surface area (Å²) < 4.78 is 2.73. The van der Waals surface area contributed by atoms with Crippen LogP contribution < -0.4 is 5.73 Å². The fraction of sp³-hybridized carbons (Fsp3) is 0.100. The molecule has 0 atom stereocenters. The zero-order valence-corrected chi connectivity index (χ0v) is 9.98. The van der Waals surface area contributed by atoms with Gasteiger partial charge in [-0.15, -0.1) is 0 Å². The second-order valence-corrected chi connectivity index (χ2v) is 4.23. The fourth-order valence-electron chi connectivity index (χ4n) is 1.33. The number of halogens is 1. The summed E-state index contributed by atoms with van der Waals surface area (Å²) in [5.74, 6) is -0.0245. The summed E-state index contributed by atoms with van der Waals surface area (Å²) in [6.07, 6.45) is 5.26. The zero-order chi connectivity index (χ0) is 11.5. The maximum Gasteiger partial charge on any atom is 0.141 e. The molecule has 0 aliphatic heterocycles. The summed E-state index contributed by atoms with van der Waals surface area (Å²) in [4.78, 5) is 4.00. The summed E-state index contributed by atoms with van der Waals surface area (Å²) in [6.45, 7) is 0.633. The second-order valence-electron chi connectivity index (χ2n) is 3.32. The van der Waals surface area contributed by atoms with Crippen molar-refractivity contribution in [1.82, 2.24) is 14.8 Å². The van der Waals surface area contributed by atoms with Gasteiger partial charge in [0, 0.05) is 12.4 Å². The van der Waals surface area contributed by atoms with Crippen LogP contribution in [0.5, 0.6) is 0 Å². The molecule has 5 nitrogen and oxygen atoms in total. The molecule has 6 heteroatoms. The molecule has 0 saturated heterocycles. The van der Waals surface area contributed by atoms with Crippen LogP contribution in [0.15, 0.2) is 35.2 Å². The highest BCUT2D eigenvalue weighted by atomic mass is 79.9. The maximum atomic E-state index is 7.30. The molecule has 3 N–H and O–H groups in total. The van der Waals surface area contributed by atoms with Gasteiger partial charge >= 0.3 is 0 Å². The number of nitrogen functional groups attached to an aromatic ring is 1. The topological polar surface area (TPSA) is 80.6 Å². The van der Waals surface area contributed by atoms with Crippen molar-refractivity contribution in [2.75, 3.05) is 0 Å². The summed E-state index contributed by atoms with van der Waals surface area (Å²) >= 11 is 3.33. The first-order valence-electron chi connectivity index (χ1n) is 4.62. The molecule has 2 heterocycles. The Hall–Kier alpha value is -1.69. The predicted octanol–water partition coefficient (Wildman–Crippen LogP) is 1.37. The Bertz CT molecular complexity index is 519. The van der Waals surface area contributed by atoms with E-state index in [1.54, 1.807) is 23.1 Å². The van der Waals surface area contributed by atoms with Crippen molar-refractivity contribution in [2.45, 2.75) is 6.54 Å². The SMILES string of the molecule is N=C(N)c1cc(Cn2cc(Br)cn2)ccn1. The van der Waals surface area contributed by atoms with Crippen LogP contribution in [-0.2, 0) is 6.54 Å². The van der Waals surface area contributed by atoms with E-state index in [-0.39, 0.29) is 5.84 Å². The average Bonchev–Trinajstić information content (AvgIpc) is 2.64. The smallest absolute Gasteiger partial charge is 0.141 e. The van der Waals surface area contributed by atoms with Gasteiger partial charge in [0.2, 0.25) is 0 Å². The highest BCUT2D eigenvalue weighted by molar-refractivity contribution is 9.10. The molecule has 0 aromatic carbocycles. The Balaban J connectivity index is 2.21. The number of rotatable bonds is 3. The van der Waals surface area contributed by atoms with Crippen LogP contribution in [0, 0.1) is 5.41 Å². The molecular formula is C10H10BrN5. The van der Waals surface area contributed by atoms with E-state index in [4.69, 9.17) is 11.1 Å². The molecule has 82 valence electrons. The van der Waals surface area contributed by atoms with E-state index in [1.165, 1.54) is 0 Å². The Labute approximate surface area is 101 Å². The van der Waals surface area contributed by atoms with E-state index in [2.05, 4.69) is 26.0 Å². The van der Waals surface area contributed by atoms with Gasteiger partial charge in [-0.1, -0.05) is 0 Å². The third kappa shape index (κ3) is 2.46. The summed E-state index contributed by atoms with van der Waals surface area (Å²) in [5, 5.41) is 11.5. The first kappa shape index (κ1) is 10.8. The van der Waals surface area contributed by atoms with Crippen LogP contribution in [0.3, 0.4) is 0 Å². The quantitative estimate of drug-likeness (QED) is 0.658. The van der Waals surface area contributed by atoms with Crippen molar-refractivity contribution in [1.29, 1.82) is 5.41 Å². The van der Waals surface area contributed by atoms with Crippen molar-refractivity contribution in [3.8, 4) is 0 Å². The number of nitrogens with one attached hydrogen (secondary N) is 1. The molecule has 0 fully saturated rings. The van der Waals surface area contributed by atoms with E-state index >= 15 is 0 Å². The molecule has 0 bridgehead atoms. The van der Waals surface area contributed by atoms with Crippen LogP contribution in [0.25, 0.3) is 0 Å². The van der Waals surface area contributed by atoms with Crippen LogP contribution >= 0.6 is 15.9 Å². The van der Waals surface area contributed by atoms with Crippen molar-refractivity contribution in [2.24, 2.45) is 5.73 Å². The summed E-state index contributed by atoms with van der Waals surface area (Å²) in [6, 6.07) is 3.67. The van der Waals surface area contributed by atoms with E-state index in [0.717, 1.165) is 10.0 Å². The van der Waals surface area contributed by atoms with E-state index < -0.39 is 0 Å². The van der Waals surface area contributed by atoms with E-state index in [9.17, 15) is 0 Å². The fourth-order valence-corrected chi connectivity index (χ4v) is 1.66. The summed E-state index contributed by atoms with van der Waals surface area (Å²) in [5.41, 5.74) is 6.87. The number of pyridine rings is 1. The molecule has 0 unspecified atom stereocenters. The molecule has 0 aliphatic carbocycles. The van der Waals surface area contributed by atoms with Crippen molar-refractivity contribution >= 4 is 21.8 Å². The molecule has 2 aromatic rings. The molecule has 2 aromatic heterocycles. The minimum absolute atomic E-state index is 0.0245. The van der Waals surface area contributed by atoms with Crippen molar-refractivity contribution < 1.29 is 0 Å². The van der Waals surface area contributed by atoms with Crippen molar-refractivity contribution in [3.63, 3.8) is 0 Å². The molecule has 0 aliphatic rings. The van der Waals surface area contributed by atoms with Gasteiger partial charge in [0.25, 0.3) is 0 Å². The normalized spacial score (nSPS) is 10.3. The molecule has 0 spiro atoms. The molecule has 0 saturated carbocycles. The maximum absolute atomic E-state index is 7.30. The van der Waals surface area contributed by atoms with Gasteiger partial charge in [0.15, 0.2) is 0 Å². The number of nitrogens with zero attached hydrogens (tertiary/aromatic N) is 3. The third-order valence-corrected chi connectivity index (χ3v) is 2.46. The molecule has 0 radical (unpaired) electrons. The minimum atomic E-state index is -0.0245. The third-order valence-electron chi connectivity index (χ3n) is 2.05. The number of amidine groups is 1. The van der Waals surface area contributed by atoms with Gasteiger partial charge in [-0.05, 0) is 33.6 Å². The Kier molecular flexibility index (Phi) is 3.00. The van der Waals surface area contributed by atoms with Crippen LogP contribution in [0.1, 0.15) is 11.3 Å². The highest BCUT2D eigenvalue weighted by Gasteiger charge is 2.01. The second kappa shape index (κ2) is 4.44. The first-order valence-corrected chi connectivity index (χ1v) is 5.42. The van der Waals surface area contributed by atoms with Gasteiger partial charge < -0.3 is 5.73 Å². The standard InChI is InChI=1S/C10H10BrN5/c11-8-4-15-16(6-8)5-7-1-2-14-9(3-7)10(12)13/h1-4,6H,5H2,(H3,12,13). The lowest BCUT2D eigenvalue weighted by Gasteiger charge is -2.03. The van der Waals surface area contributed by atoms with E-state index in [0.29, 0.717) is 12.2 Å². The lowest BCUT2D eigenvalue weighted by Crippen LogP contribution is -2.13. The molecule has 16 heavy (non-hydrogen) atoms. The number of nitrogens with two attached hydrogens (primary N) is 1. The Morgan fingerprint density at radius 2 is 2.38 bits per heavy atom. The van der Waals surface area contributed by atoms with Crippen molar-refractivity contribution in [3.05, 3.63) is 46.5 Å². The van der Waals surface area contributed by atoms with Gasteiger partial charge in [-0.3, -0.25) is 15.1 Å². The van der Waals surface area contributed by atoms with Crippen LogP contribution in [0.4, 0.5) is 0 Å². The highest BCUT2D eigenvalue weighted by Crippen LogP contribution is 2.09. The predicted molar refractivity (Wildman–Crippen MR) is 64.3 cm³/mol. The van der Waals surface area contributed by atoms with E-state index in [1.807, 2.05) is 12.3 Å². The largest absolute Gasteiger partial charge is 0.382 e. The Morgan fingerprint density at radius 3 is 3.00 bits per heavy atom. The van der Waals surface area contributed by atoms with Crippen LogP contribution in [0.2, 0.25) is 0 Å². The number of hydrogen-bond donors (Lipinski definition) is 2. The van der Waals surface area contributed by atoms with Gasteiger partial charge in [0.1, 0.15) is 11.5 Å². The van der Waals surface area contributed by atoms with Gasteiger partial charge in [-0.25, -0.2) is 0 Å². The summed E-state index contributed by atoms with van der Waals surface area (Å²) in [7, 11) is 0. The van der Waals surface area contributed by atoms with Gasteiger partial charge in [0.05, 0.1) is 17.2 Å². The first-order chi connectivity index (χ1) is 7.65. The molecular weight excluding hydrogens is 270 g/mol. The van der Waals surface area contributed by atoms with Gasteiger partial charge in [-0.2, -0.15) is 5.10 Å². The zero-order valence-electron chi connectivity index (χ0n) is 8.39. The van der Waals surface area contributed by atoms with Crippen LogP contribution in [-0.4, -0.2) is 20.6 Å². The minimum Gasteiger partial charge on any atom is -0.382 e. The number of hydrogen-bond acceptors (Lipinski definition) is 3.